The van der Waals surface area contributed by atoms with Gasteiger partial charge in [0.2, 0.25) is 17.7 Å². The van der Waals surface area contributed by atoms with Gasteiger partial charge >= 0.3 is 0 Å². The smallest absolute Gasteiger partial charge is 0.263 e. The van der Waals surface area contributed by atoms with Crippen molar-refractivity contribution in [3.8, 4) is 0 Å². The van der Waals surface area contributed by atoms with Crippen LogP contribution in [0.2, 0.25) is 0 Å². The lowest BCUT2D eigenvalue weighted by molar-refractivity contribution is -0.149. The Morgan fingerprint density at radius 1 is 0.943 bits per heavy atom. The lowest BCUT2D eigenvalue weighted by Crippen LogP contribution is -2.56. The molecule has 0 aliphatic carbocycles. The monoisotopic (exact) mass is 488 g/mol. The molecule has 0 aliphatic heterocycles. The van der Waals surface area contributed by atoms with Gasteiger partial charge < -0.3 is 5.32 Å². The van der Waals surface area contributed by atoms with E-state index in [0.29, 0.717) is 6.42 Å². The summed E-state index contributed by atoms with van der Waals surface area (Å²) >= 11 is 0. The lowest BCUT2D eigenvalue weighted by atomic mass is 9.82. The third kappa shape index (κ3) is 10.7. The minimum Gasteiger partial charge on any atom is -0.345 e. The minimum absolute atomic E-state index is 0.0395. The molecule has 0 saturated carbocycles. The predicted molar refractivity (Wildman–Crippen MR) is 134 cm³/mol. The van der Waals surface area contributed by atoms with Gasteiger partial charge in [-0.2, -0.15) is 0 Å². The fourth-order valence-corrected chi connectivity index (χ4v) is 3.79. The quantitative estimate of drug-likeness (QED) is 0.266. The molecule has 0 aliphatic rings. The van der Waals surface area contributed by atoms with E-state index >= 15 is 0 Å². The summed E-state index contributed by atoms with van der Waals surface area (Å²) in [6.07, 6.45) is 4.23. The van der Waals surface area contributed by atoms with Gasteiger partial charge in [-0.25, -0.2) is 5.48 Å². The molecule has 0 saturated heterocycles. The molecule has 1 rings (SSSR count). The molecule has 4 N–H and O–H groups in total. The molecule has 0 fully saturated rings. The van der Waals surface area contributed by atoms with Gasteiger partial charge in [-0.1, -0.05) is 70.2 Å². The van der Waals surface area contributed by atoms with E-state index in [2.05, 4.69) is 10.7 Å². The van der Waals surface area contributed by atoms with Crippen molar-refractivity contribution >= 4 is 29.7 Å². The summed E-state index contributed by atoms with van der Waals surface area (Å²) < 4.78 is 0. The highest BCUT2D eigenvalue weighted by atomic mass is 16.5. The van der Waals surface area contributed by atoms with Crippen molar-refractivity contribution in [2.75, 3.05) is 6.54 Å². The fourth-order valence-electron chi connectivity index (χ4n) is 3.79. The van der Waals surface area contributed by atoms with E-state index in [1.807, 2.05) is 64.1 Å². The van der Waals surface area contributed by atoms with Crippen LogP contribution in [0.5, 0.6) is 0 Å². The zero-order valence-corrected chi connectivity index (χ0v) is 21.6. The normalized spacial score (nSPS) is 13.9. The highest BCUT2D eigenvalue weighted by Crippen LogP contribution is 2.25. The summed E-state index contributed by atoms with van der Waals surface area (Å²) in [6.45, 7) is 10.8. The van der Waals surface area contributed by atoms with E-state index in [1.54, 1.807) is 18.5 Å². The Morgan fingerprint density at radius 3 is 2.09 bits per heavy atom. The third-order valence-electron chi connectivity index (χ3n) is 5.34. The molecule has 0 heterocycles. The number of allylic oxidation sites excluding steroid dienone is 1. The number of hydrazine groups is 1. The second-order valence-corrected chi connectivity index (χ2v) is 9.61. The van der Waals surface area contributed by atoms with Crippen LogP contribution in [-0.2, 0) is 19.2 Å². The summed E-state index contributed by atoms with van der Waals surface area (Å²) in [5, 5.41) is 13.1. The molecule has 1 aromatic carbocycles. The maximum atomic E-state index is 13.4. The summed E-state index contributed by atoms with van der Waals surface area (Å²) in [4.78, 5) is 50.4. The van der Waals surface area contributed by atoms with E-state index in [4.69, 9.17) is 0 Å². The molecule has 0 unspecified atom stereocenters. The molecule has 9 heteroatoms. The van der Waals surface area contributed by atoms with Gasteiger partial charge in [0.1, 0.15) is 6.04 Å². The zero-order valence-electron chi connectivity index (χ0n) is 21.6. The zero-order chi connectivity index (χ0) is 26.5. The van der Waals surface area contributed by atoms with Crippen LogP contribution >= 0.6 is 0 Å². The van der Waals surface area contributed by atoms with E-state index in [0.717, 1.165) is 5.56 Å². The second kappa shape index (κ2) is 14.9. The molecule has 0 radical (unpaired) electrons. The summed E-state index contributed by atoms with van der Waals surface area (Å²) in [6, 6.07) is 8.70. The van der Waals surface area contributed by atoms with Gasteiger partial charge in [-0.15, -0.1) is 0 Å². The van der Waals surface area contributed by atoms with Crippen LogP contribution in [0.15, 0.2) is 36.4 Å². The first-order valence-corrected chi connectivity index (χ1v) is 12.0. The predicted octanol–water partition coefficient (Wildman–Crippen LogP) is 2.91. The van der Waals surface area contributed by atoms with Crippen LogP contribution in [-0.4, -0.2) is 46.4 Å². The molecular weight excluding hydrogens is 448 g/mol. The number of nitrogens with zero attached hydrogens (tertiary/aromatic N) is 1. The Bertz CT molecular complexity index is 870. The van der Waals surface area contributed by atoms with Gasteiger partial charge in [0.25, 0.3) is 5.91 Å². The molecule has 0 spiro atoms. The SMILES string of the molecule is CC(=O)N[C@@H](C)C(=O)N(CC(C)C)NC(=O)[C@H](CC(C)C)[C@H](CC=Cc1ccccc1)C(=O)NO. The second-order valence-electron chi connectivity index (χ2n) is 9.61. The van der Waals surface area contributed by atoms with Gasteiger partial charge in [0, 0.05) is 13.5 Å². The highest BCUT2D eigenvalue weighted by Gasteiger charge is 2.35. The van der Waals surface area contributed by atoms with Gasteiger partial charge in [-0.3, -0.25) is 34.8 Å². The number of rotatable bonds is 12. The Kier molecular flexibility index (Phi) is 12.7. The van der Waals surface area contributed by atoms with Crippen molar-refractivity contribution in [2.45, 2.75) is 60.4 Å². The number of amides is 4. The van der Waals surface area contributed by atoms with Gasteiger partial charge in [-0.05, 0) is 37.2 Å². The molecule has 4 amide bonds. The molecule has 35 heavy (non-hydrogen) atoms. The minimum atomic E-state index is -0.855. The van der Waals surface area contributed by atoms with Gasteiger partial charge in [0.05, 0.1) is 11.8 Å². The molecule has 3 atom stereocenters. The fraction of sp³-hybridized carbons (Fsp3) is 0.538. The third-order valence-corrected chi connectivity index (χ3v) is 5.34. The number of carbonyl (C=O) groups excluding carboxylic acids is 4. The number of nitrogens with one attached hydrogen (secondary N) is 3. The molecule has 1 aromatic rings. The Labute approximate surface area is 208 Å². The first kappa shape index (κ1) is 29.8. The summed E-state index contributed by atoms with van der Waals surface area (Å²) in [7, 11) is 0. The van der Waals surface area contributed by atoms with Crippen molar-refractivity contribution in [2.24, 2.45) is 23.7 Å². The van der Waals surface area contributed by atoms with Crippen molar-refractivity contribution in [3.63, 3.8) is 0 Å². The van der Waals surface area contributed by atoms with Crippen LogP contribution in [0.3, 0.4) is 0 Å². The Hall–Kier alpha value is -3.20. The Morgan fingerprint density at radius 2 is 1.57 bits per heavy atom. The van der Waals surface area contributed by atoms with Crippen molar-refractivity contribution in [1.29, 1.82) is 0 Å². The standard InChI is InChI=1S/C26H40N4O5/c1-17(2)15-23(22(25(33)29-35)14-10-13-21-11-8-7-9-12-21)24(32)28-30(16-18(3)4)26(34)19(5)27-20(6)31/h7-13,17-19,22-23,35H,14-16H2,1-6H3,(H,27,31)(H,28,32)(H,29,33)/t19-,22-,23+/m0/s1. The van der Waals surface area contributed by atoms with Crippen LogP contribution in [0.4, 0.5) is 0 Å². The molecule has 0 bridgehead atoms. The van der Waals surface area contributed by atoms with Crippen LogP contribution in [0, 0.1) is 23.7 Å². The van der Waals surface area contributed by atoms with Crippen molar-refractivity contribution in [1.82, 2.24) is 21.2 Å². The molecule has 0 aromatic heterocycles. The van der Waals surface area contributed by atoms with E-state index in [-0.39, 0.29) is 30.7 Å². The molecule has 194 valence electrons. The maximum absolute atomic E-state index is 13.4. The number of hydroxylamine groups is 1. The Balaban J connectivity index is 3.18. The van der Waals surface area contributed by atoms with Crippen LogP contribution in [0.1, 0.15) is 59.9 Å². The first-order valence-electron chi connectivity index (χ1n) is 12.0. The summed E-state index contributed by atoms with van der Waals surface area (Å²) in [5.74, 6) is -3.53. The average molecular weight is 489 g/mol. The largest absolute Gasteiger partial charge is 0.345 e. The number of hydrogen-bond acceptors (Lipinski definition) is 5. The van der Waals surface area contributed by atoms with Gasteiger partial charge in [0.15, 0.2) is 0 Å². The van der Waals surface area contributed by atoms with E-state index in [9.17, 15) is 24.4 Å². The van der Waals surface area contributed by atoms with Crippen LogP contribution in [0.25, 0.3) is 6.08 Å². The maximum Gasteiger partial charge on any atom is 0.263 e. The van der Waals surface area contributed by atoms with Crippen molar-refractivity contribution < 1.29 is 24.4 Å². The number of benzene rings is 1. The lowest BCUT2D eigenvalue weighted by Gasteiger charge is -2.32. The average Bonchev–Trinajstić information content (AvgIpc) is 2.79. The first-order chi connectivity index (χ1) is 16.5. The topological polar surface area (TPSA) is 128 Å². The van der Waals surface area contributed by atoms with Crippen LogP contribution < -0.4 is 16.2 Å². The van der Waals surface area contributed by atoms with E-state index in [1.165, 1.54) is 11.9 Å². The molecular formula is C26H40N4O5. The number of hydrogen-bond donors (Lipinski definition) is 4. The van der Waals surface area contributed by atoms with Crippen molar-refractivity contribution in [3.05, 3.63) is 42.0 Å². The molecule has 9 nitrogen and oxygen atoms in total. The number of carbonyl (C=O) groups is 4. The summed E-state index contributed by atoms with van der Waals surface area (Å²) in [5.41, 5.74) is 5.32. The highest BCUT2D eigenvalue weighted by molar-refractivity contribution is 5.91. The van der Waals surface area contributed by atoms with E-state index < -0.39 is 35.6 Å².